The fourth-order valence-corrected chi connectivity index (χ4v) is 2.75. The average molecular weight is 256 g/mol. The van der Waals surface area contributed by atoms with Crippen molar-refractivity contribution in [3.63, 3.8) is 0 Å². The van der Waals surface area contributed by atoms with Crippen molar-refractivity contribution in [1.29, 1.82) is 0 Å². The van der Waals surface area contributed by atoms with Gasteiger partial charge in [0.05, 0.1) is 11.4 Å². The van der Waals surface area contributed by atoms with E-state index in [0.717, 1.165) is 10.5 Å². The summed E-state index contributed by atoms with van der Waals surface area (Å²) in [6, 6.07) is 19.8. The lowest BCUT2D eigenvalue weighted by atomic mass is 10.1. The summed E-state index contributed by atoms with van der Waals surface area (Å²) in [5, 5.41) is 10.3. The molecule has 1 N–H and O–H groups in total. The summed E-state index contributed by atoms with van der Waals surface area (Å²) in [5.41, 5.74) is 0.922. The summed E-state index contributed by atoms with van der Waals surface area (Å²) in [6.07, 6.45) is 1.27. The van der Waals surface area contributed by atoms with Gasteiger partial charge < -0.3 is 5.11 Å². The Hall–Kier alpha value is -1.51. The van der Waals surface area contributed by atoms with Gasteiger partial charge in [0, 0.05) is 4.90 Å². The van der Waals surface area contributed by atoms with Crippen LogP contribution in [0, 0.1) is 0 Å². The molecule has 0 heterocycles. The number of hydrogen-bond donors (Lipinski definition) is 1. The van der Waals surface area contributed by atoms with Crippen molar-refractivity contribution < 1.29 is 5.11 Å². The van der Waals surface area contributed by atoms with Crippen LogP contribution >= 0.6 is 11.8 Å². The fraction of sp³-hybridized carbons (Fsp3) is 0.125. The average Bonchev–Trinajstić information content (AvgIpc) is 2.46. The smallest absolute Gasteiger partial charge is 0.0946 e. The van der Waals surface area contributed by atoms with Gasteiger partial charge in [-0.25, -0.2) is 0 Å². The van der Waals surface area contributed by atoms with Crippen LogP contribution in [-0.2, 0) is 0 Å². The summed E-state index contributed by atoms with van der Waals surface area (Å²) in [4.78, 5) is 1.14. The number of rotatable bonds is 5. The standard InChI is InChI=1S/C16H16OS/c1-2-15(18-14-11-7-4-8-12-14)16(17)13-9-5-3-6-10-13/h2-12,15-17H,1H2. The molecule has 0 fully saturated rings. The Kier molecular flexibility index (Phi) is 4.62. The molecule has 1 nitrogen and oxygen atoms in total. The molecule has 0 spiro atoms. The lowest BCUT2D eigenvalue weighted by molar-refractivity contribution is 0.187. The lowest BCUT2D eigenvalue weighted by Gasteiger charge is -2.19. The molecule has 0 bridgehead atoms. The van der Waals surface area contributed by atoms with Crippen LogP contribution in [0.15, 0.2) is 78.2 Å². The second-order valence-corrected chi connectivity index (χ2v) is 5.24. The number of benzene rings is 2. The maximum atomic E-state index is 10.3. The Morgan fingerprint density at radius 3 is 2.06 bits per heavy atom. The summed E-state index contributed by atoms with van der Waals surface area (Å²) < 4.78 is 0. The van der Waals surface area contributed by atoms with Gasteiger partial charge in [-0.2, -0.15) is 0 Å². The maximum absolute atomic E-state index is 10.3. The van der Waals surface area contributed by atoms with Gasteiger partial charge in [0.25, 0.3) is 0 Å². The van der Waals surface area contributed by atoms with Gasteiger partial charge in [0.2, 0.25) is 0 Å². The lowest BCUT2D eigenvalue weighted by Crippen LogP contribution is -2.12. The molecule has 2 heteroatoms. The van der Waals surface area contributed by atoms with E-state index in [2.05, 4.69) is 6.58 Å². The van der Waals surface area contributed by atoms with Gasteiger partial charge in [-0.1, -0.05) is 54.6 Å². The molecule has 0 radical (unpaired) electrons. The third-order valence-electron chi connectivity index (χ3n) is 2.70. The summed E-state index contributed by atoms with van der Waals surface area (Å²) in [5.74, 6) is 0. The van der Waals surface area contributed by atoms with Crippen LogP contribution in [-0.4, -0.2) is 10.4 Å². The van der Waals surface area contributed by atoms with Crippen LogP contribution in [0.1, 0.15) is 11.7 Å². The van der Waals surface area contributed by atoms with Crippen LogP contribution in [0.3, 0.4) is 0 Å². The third-order valence-corrected chi connectivity index (χ3v) is 3.97. The van der Waals surface area contributed by atoms with E-state index in [4.69, 9.17) is 0 Å². The van der Waals surface area contributed by atoms with Crippen molar-refractivity contribution in [3.05, 3.63) is 78.9 Å². The molecule has 0 aliphatic rings. The third kappa shape index (κ3) is 3.25. The number of thioether (sulfide) groups is 1. The molecule has 2 atom stereocenters. The van der Waals surface area contributed by atoms with Crippen molar-refractivity contribution in [3.8, 4) is 0 Å². The van der Waals surface area contributed by atoms with E-state index in [1.165, 1.54) is 0 Å². The van der Waals surface area contributed by atoms with Crippen molar-refractivity contribution in [2.24, 2.45) is 0 Å². The highest BCUT2D eigenvalue weighted by atomic mass is 32.2. The van der Waals surface area contributed by atoms with E-state index < -0.39 is 6.10 Å². The zero-order valence-electron chi connectivity index (χ0n) is 10.1. The molecule has 2 aromatic carbocycles. The van der Waals surface area contributed by atoms with E-state index in [0.29, 0.717) is 0 Å². The summed E-state index contributed by atoms with van der Waals surface area (Å²) >= 11 is 1.62. The van der Waals surface area contributed by atoms with Crippen molar-refractivity contribution in [2.75, 3.05) is 0 Å². The number of hydrogen-bond acceptors (Lipinski definition) is 2. The monoisotopic (exact) mass is 256 g/mol. The molecule has 0 saturated heterocycles. The Balaban J connectivity index is 2.12. The molecule has 2 aromatic rings. The Labute approximate surface area is 112 Å². The quantitative estimate of drug-likeness (QED) is 0.643. The molecule has 0 amide bonds. The Morgan fingerprint density at radius 2 is 1.50 bits per heavy atom. The molecule has 2 rings (SSSR count). The van der Waals surface area contributed by atoms with Crippen LogP contribution in [0.5, 0.6) is 0 Å². The van der Waals surface area contributed by atoms with Crippen LogP contribution in [0.2, 0.25) is 0 Å². The topological polar surface area (TPSA) is 20.2 Å². The number of aliphatic hydroxyl groups excluding tert-OH is 1. The van der Waals surface area contributed by atoms with E-state index in [9.17, 15) is 5.11 Å². The predicted octanol–water partition coefficient (Wildman–Crippen LogP) is 4.07. The van der Waals surface area contributed by atoms with Gasteiger partial charge in [-0.3, -0.25) is 0 Å². The van der Waals surface area contributed by atoms with Gasteiger partial charge in [-0.15, -0.1) is 18.3 Å². The summed E-state index contributed by atoms with van der Waals surface area (Å²) in [7, 11) is 0. The molecule has 92 valence electrons. The van der Waals surface area contributed by atoms with Gasteiger partial charge in [0.1, 0.15) is 0 Å². The maximum Gasteiger partial charge on any atom is 0.0946 e. The highest BCUT2D eigenvalue weighted by Crippen LogP contribution is 2.32. The van der Waals surface area contributed by atoms with Crippen LogP contribution in [0.25, 0.3) is 0 Å². The molecule has 0 aliphatic heterocycles. The van der Waals surface area contributed by atoms with E-state index in [1.807, 2.05) is 60.7 Å². The summed E-state index contributed by atoms with van der Waals surface area (Å²) in [6.45, 7) is 3.82. The van der Waals surface area contributed by atoms with Gasteiger partial charge in [0.15, 0.2) is 0 Å². The second kappa shape index (κ2) is 6.43. The second-order valence-electron chi connectivity index (χ2n) is 3.99. The van der Waals surface area contributed by atoms with Crippen LogP contribution < -0.4 is 0 Å². The molecule has 0 aliphatic carbocycles. The van der Waals surface area contributed by atoms with E-state index in [1.54, 1.807) is 17.8 Å². The first kappa shape index (κ1) is 12.9. The van der Waals surface area contributed by atoms with Gasteiger partial charge >= 0.3 is 0 Å². The fourth-order valence-electron chi connectivity index (χ4n) is 1.74. The highest BCUT2D eigenvalue weighted by Gasteiger charge is 2.18. The van der Waals surface area contributed by atoms with Crippen molar-refractivity contribution in [2.45, 2.75) is 16.2 Å². The van der Waals surface area contributed by atoms with Crippen molar-refractivity contribution in [1.82, 2.24) is 0 Å². The molecular formula is C16H16OS. The first-order valence-electron chi connectivity index (χ1n) is 5.88. The zero-order chi connectivity index (χ0) is 12.8. The van der Waals surface area contributed by atoms with Crippen molar-refractivity contribution >= 4 is 11.8 Å². The largest absolute Gasteiger partial charge is 0.387 e. The predicted molar refractivity (Wildman–Crippen MR) is 77.7 cm³/mol. The van der Waals surface area contributed by atoms with Gasteiger partial charge in [-0.05, 0) is 17.7 Å². The SMILES string of the molecule is C=CC(Sc1ccccc1)C(O)c1ccccc1. The first-order valence-corrected chi connectivity index (χ1v) is 6.76. The first-order chi connectivity index (χ1) is 8.81. The normalized spacial score (nSPS) is 13.8. The molecule has 2 unspecified atom stereocenters. The minimum Gasteiger partial charge on any atom is -0.387 e. The van der Waals surface area contributed by atoms with E-state index in [-0.39, 0.29) is 5.25 Å². The molecular weight excluding hydrogens is 240 g/mol. The molecule has 18 heavy (non-hydrogen) atoms. The minimum atomic E-state index is -0.533. The van der Waals surface area contributed by atoms with Crippen LogP contribution in [0.4, 0.5) is 0 Å². The molecule has 0 aromatic heterocycles. The Bertz CT molecular complexity index is 481. The minimum absolute atomic E-state index is 0.0465. The van der Waals surface area contributed by atoms with E-state index >= 15 is 0 Å². The zero-order valence-corrected chi connectivity index (χ0v) is 10.9. The molecule has 0 saturated carbocycles. The Morgan fingerprint density at radius 1 is 0.944 bits per heavy atom. The highest BCUT2D eigenvalue weighted by molar-refractivity contribution is 8.00. The number of aliphatic hydroxyl groups is 1.